The Bertz CT molecular complexity index is 775. The van der Waals surface area contributed by atoms with Crippen LogP contribution in [0, 0.1) is 0 Å². The van der Waals surface area contributed by atoms with Gasteiger partial charge in [-0.25, -0.2) is 0 Å². The average Bonchev–Trinajstić information content (AvgIpc) is 2.71. The van der Waals surface area contributed by atoms with Gasteiger partial charge in [0.15, 0.2) is 0 Å². The molecule has 0 spiro atoms. The van der Waals surface area contributed by atoms with Crippen molar-refractivity contribution in [3.63, 3.8) is 0 Å². The number of benzene rings is 2. The molecule has 2 rings (SSSR count). The molecular formula is C22H29N3O3. The summed E-state index contributed by atoms with van der Waals surface area (Å²) < 4.78 is 5.57. The first-order valence-corrected chi connectivity index (χ1v) is 9.69. The zero-order valence-corrected chi connectivity index (χ0v) is 16.7. The molecule has 0 bridgehead atoms. The van der Waals surface area contributed by atoms with Gasteiger partial charge < -0.3 is 20.7 Å². The molecule has 150 valence electrons. The Morgan fingerprint density at radius 3 is 2.46 bits per heavy atom. The molecule has 0 aliphatic rings. The van der Waals surface area contributed by atoms with Crippen molar-refractivity contribution >= 4 is 23.2 Å². The molecule has 0 saturated heterocycles. The lowest BCUT2D eigenvalue weighted by atomic mass is 10.1. The van der Waals surface area contributed by atoms with E-state index >= 15 is 0 Å². The summed E-state index contributed by atoms with van der Waals surface area (Å²) in [5.74, 6) is 0.480. The molecule has 28 heavy (non-hydrogen) atoms. The predicted molar refractivity (Wildman–Crippen MR) is 113 cm³/mol. The molecule has 6 nitrogen and oxygen atoms in total. The van der Waals surface area contributed by atoms with Crippen molar-refractivity contribution in [1.82, 2.24) is 5.32 Å². The summed E-state index contributed by atoms with van der Waals surface area (Å²) in [5, 5.41) is 8.82. The van der Waals surface area contributed by atoms with Gasteiger partial charge in [-0.05, 0) is 56.2 Å². The molecule has 0 aliphatic heterocycles. The minimum atomic E-state index is -0.161. The van der Waals surface area contributed by atoms with Gasteiger partial charge in [0.25, 0.3) is 5.91 Å². The molecule has 2 aromatic rings. The lowest BCUT2D eigenvalue weighted by molar-refractivity contribution is -0.114. The van der Waals surface area contributed by atoms with Crippen LogP contribution in [0.25, 0.3) is 0 Å². The molecule has 0 heterocycles. The number of hydrogen-bond acceptors (Lipinski definition) is 4. The molecule has 3 N–H and O–H groups in total. The van der Waals surface area contributed by atoms with E-state index in [1.807, 2.05) is 39.0 Å². The molecule has 0 aliphatic carbocycles. The monoisotopic (exact) mass is 383 g/mol. The third kappa shape index (κ3) is 6.95. The van der Waals surface area contributed by atoms with Crippen molar-refractivity contribution in [2.45, 2.75) is 39.7 Å². The maximum absolute atomic E-state index is 12.2. The van der Waals surface area contributed by atoms with E-state index in [-0.39, 0.29) is 24.4 Å². The highest BCUT2D eigenvalue weighted by atomic mass is 16.5. The SMILES string of the molecule is CCCOc1cccc(NC(=O)CNc2ccc(C(=O)NC(C)CC)cc2)c1. The van der Waals surface area contributed by atoms with Crippen LogP contribution in [-0.4, -0.2) is 31.0 Å². The molecule has 0 fully saturated rings. The lowest BCUT2D eigenvalue weighted by Crippen LogP contribution is -2.31. The zero-order chi connectivity index (χ0) is 20.4. The van der Waals surface area contributed by atoms with Crippen LogP contribution in [0.1, 0.15) is 44.0 Å². The van der Waals surface area contributed by atoms with Gasteiger partial charge in [-0.1, -0.05) is 19.9 Å². The quantitative estimate of drug-likeness (QED) is 0.578. The van der Waals surface area contributed by atoms with Crippen LogP contribution in [0.5, 0.6) is 5.75 Å². The Labute approximate surface area is 166 Å². The van der Waals surface area contributed by atoms with Gasteiger partial charge in [0.2, 0.25) is 5.91 Å². The number of carbonyl (C=O) groups is 2. The molecule has 0 radical (unpaired) electrons. The Balaban J connectivity index is 1.83. The number of nitrogens with one attached hydrogen (secondary N) is 3. The molecule has 1 atom stereocenters. The van der Waals surface area contributed by atoms with Gasteiger partial charge >= 0.3 is 0 Å². The summed E-state index contributed by atoms with van der Waals surface area (Å²) in [6, 6.07) is 14.5. The van der Waals surface area contributed by atoms with Gasteiger partial charge in [0, 0.05) is 29.0 Å². The predicted octanol–water partition coefficient (Wildman–Crippen LogP) is 4.05. The van der Waals surface area contributed by atoms with E-state index in [0.29, 0.717) is 17.9 Å². The van der Waals surface area contributed by atoms with Crippen LogP contribution in [-0.2, 0) is 4.79 Å². The molecule has 0 aromatic heterocycles. The smallest absolute Gasteiger partial charge is 0.251 e. The fraction of sp³-hybridized carbons (Fsp3) is 0.364. The fourth-order valence-electron chi connectivity index (χ4n) is 2.42. The number of anilines is 2. The van der Waals surface area contributed by atoms with Crippen LogP contribution in [0.4, 0.5) is 11.4 Å². The summed E-state index contributed by atoms with van der Waals surface area (Å²) >= 11 is 0. The van der Waals surface area contributed by atoms with Crippen molar-refractivity contribution in [3.05, 3.63) is 54.1 Å². The number of amides is 2. The van der Waals surface area contributed by atoms with Crippen LogP contribution >= 0.6 is 0 Å². The Morgan fingerprint density at radius 2 is 1.79 bits per heavy atom. The molecular weight excluding hydrogens is 354 g/mol. The summed E-state index contributed by atoms with van der Waals surface area (Å²) in [6.45, 7) is 6.81. The summed E-state index contributed by atoms with van der Waals surface area (Å²) in [6.07, 6.45) is 1.81. The second kappa shape index (κ2) is 11.0. The second-order valence-electron chi connectivity index (χ2n) is 6.64. The van der Waals surface area contributed by atoms with Crippen molar-refractivity contribution in [3.8, 4) is 5.75 Å². The Morgan fingerprint density at radius 1 is 1.04 bits per heavy atom. The van der Waals surface area contributed by atoms with E-state index in [0.717, 1.165) is 24.3 Å². The molecule has 2 aromatic carbocycles. The Kier molecular flexibility index (Phi) is 8.34. The highest BCUT2D eigenvalue weighted by Crippen LogP contribution is 2.17. The lowest BCUT2D eigenvalue weighted by Gasteiger charge is -2.12. The van der Waals surface area contributed by atoms with Gasteiger partial charge in [-0.3, -0.25) is 9.59 Å². The van der Waals surface area contributed by atoms with Gasteiger partial charge in [-0.15, -0.1) is 0 Å². The first-order chi connectivity index (χ1) is 13.5. The van der Waals surface area contributed by atoms with E-state index < -0.39 is 0 Å². The first kappa shape index (κ1) is 21.3. The number of ether oxygens (including phenoxy) is 1. The van der Waals surface area contributed by atoms with Crippen LogP contribution in [0.2, 0.25) is 0 Å². The van der Waals surface area contributed by atoms with Crippen molar-refractivity contribution < 1.29 is 14.3 Å². The number of hydrogen-bond donors (Lipinski definition) is 3. The van der Waals surface area contributed by atoms with E-state index in [1.165, 1.54) is 0 Å². The van der Waals surface area contributed by atoms with E-state index in [4.69, 9.17) is 4.74 Å². The third-order valence-electron chi connectivity index (χ3n) is 4.18. The standard InChI is InChI=1S/C22H29N3O3/c1-4-13-28-20-8-6-7-19(14-20)25-21(26)15-23-18-11-9-17(10-12-18)22(27)24-16(3)5-2/h6-12,14,16,23H,4-5,13,15H2,1-3H3,(H,24,27)(H,25,26). The maximum Gasteiger partial charge on any atom is 0.251 e. The summed E-state index contributed by atoms with van der Waals surface area (Å²) in [4.78, 5) is 24.2. The van der Waals surface area contributed by atoms with Crippen LogP contribution < -0.4 is 20.7 Å². The molecule has 6 heteroatoms. The van der Waals surface area contributed by atoms with Gasteiger partial charge in [0.05, 0.1) is 13.2 Å². The van der Waals surface area contributed by atoms with E-state index in [1.54, 1.807) is 30.3 Å². The second-order valence-corrected chi connectivity index (χ2v) is 6.64. The summed E-state index contributed by atoms with van der Waals surface area (Å²) in [5.41, 5.74) is 2.06. The number of carbonyl (C=O) groups excluding carboxylic acids is 2. The molecule has 2 amide bonds. The van der Waals surface area contributed by atoms with Crippen molar-refractivity contribution in [2.24, 2.45) is 0 Å². The highest BCUT2D eigenvalue weighted by Gasteiger charge is 2.09. The number of rotatable bonds is 10. The average molecular weight is 383 g/mol. The van der Waals surface area contributed by atoms with Crippen molar-refractivity contribution in [2.75, 3.05) is 23.8 Å². The van der Waals surface area contributed by atoms with Crippen LogP contribution in [0.15, 0.2) is 48.5 Å². The largest absolute Gasteiger partial charge is 0.494 e. The van der Waals surface area contributed by atoms with Crippen LogP contribution in [0.3, 0.4) is 0 Å². The van der Waals surface area contributed by atoms with E-state index in [9.17, 15) is 9.59 Å². The highest BCUT2D eigenvalue weighted by molar-refractivity contribution is 5.95. The topological polar surface area (TPSA) is 79.5 Å². The minimum Gasteiger partial charge on any atom is -0.494 e. The fourth-order valence-corrected chi connectivity index (χ4v) is 2.42. The minimum absolute atomic E-state index is 0.0937. The van der Waals surface area contributed by atoms with E-state index in [2.05, 4.69) is 16.0 Å². The van der Waals surface area contributed by atoms with Crippen molar-refractivity contribution in [1.29, 1.82) is 0 Å². The Hall–Kier alpha value is -3.02. The van der Waals surface area contributed by atoms with Gasteiger partial charge in [-0.2, -0.15) is 0 Å². The first-order valence-electron chi connectivity index (χ1n) is 9.69. The normalized spacial score (nSPS) is 11.4. The zero-order valence-electron chi connectivity index (χ0n) is 16.7. The third-order valence-corrected chi connectivity index (χ3v) is 4.18. The molecule has 1 unspecified atom stereocenters. The van der Waals surface area contributed by atoms with Gasteiger partial charge in [0.1, 0.15) is 5.75 Å². The molecule has 0 saturated carbocycles. The maximum atomic E-state index is 12.2. The summed E-state index contributed by atoms with van der Waals surface area (Å²) in [7, 11) is 0.